The Kier molecular flexibility index (Phi) is 3.95. The van der Waals surface area contributed by atoms with Crippen molar-refractivity contribution in [1.29, 1.82) is 0 Å². The first-order valence-corrected chi connectivity index (χ1v) is 8.55. The van der Waals surface area contributed by atoms with E-state index in [0.29, 0.717) is 6.54 Å². The van der Waals surface area contributed by atoms with Gasteiger partial charge in [0.25, 0.3) is 5.56 Å². The van der Waals surface area contributed by atoms with Crippen LogP contribution in [-0.2, 0) is 11.3 Å². The maximum Gasteiger partial charge on any atom is 0.258 e. The van der Waals surface area contributed by atoms with E-state index in [1.165, 1.54) is 16.9 Å². The van der Waals surface area contributed by atoms with E-state index >= 15 is 0 Å². The Morgan fingerprint density at radius 1 is 1.35 bits per heavy atom. The van der Waals surface area contributed by atoms with Crippen molar-refractivity contribution in [2.75, 3.05) is 6.61 Å². The zero-order chi connectivity index (χ0) is 15.6. The summed E-state index contributed by atoms with van der Waals surface area (Å²) in [7, 11) is 0. The average Bonchev–Trinajstić information content (AvgIpc) is 3.23. The quantitative estimate of drug-likeness (QED) is 0.799. The van der Waals surface area contributed by atoms with Gasteiger partial charge in [-0.1, -0.05) is 30.3 Å². The van der Waals surface area contributed by atoms with E-state index in [4.69, 9.17) is 4.74 Å². The summed E-state index contributed by atoms with van der Waals surface area (Å²) < 4.78 is 7.44. The van der Waals surface area contributed by atoms with Crippen LogP contribution in [0.3, 0.4) is 0 Å². The summed E-state index contributed by atoms with van der Waals surface area (Å²) in [5, 5.41) is 5.37. The van der Waals surface area contributed by atoms with Gasteiger partial charge in [-0.25, -0.2) is 4.98 Å². The fourth-order valence-electron chi connectivity index (χ4n) is 2.98. The van der Waals surface area contributed by atoms with Gasteiger partial charge in [-0.3, -0.25) is 9.20 Å². The van der Waals surface area contributed by atoms with E-state index in [1.807, 2.05) is 23.6 Å². The zero-order valence-corrected chi connectivity index (χ0v) is 13.3. The van der Waals surface area contributed by atoms with Crippen molar-refractivity contribution in [3.63, 3.8) is 0 Å². The molecule has 1 fully saturated rings. The first-order chi connectivity index (χ1) is 11.3. The van der Waals surface area contributed by atoms with Crippen LogP contribution < -0.4 is 10.9 Å². The van der Waals surface area contributed by atoms with Gasteiger partial charge in [-0.15, -0.1) is 11.3 Å². The predicted octanol–water partition coefficient (Wildman–Crippen LogP) is 2.38. The largest absolute Gasteiger partial charge is 0.372 e. The monoisotopic (exact) mass is 327 g/mol. The summed E-state index contributed by atoms with van der Waals surface area (Å²) >= 11 is 1.47. The summed E-state index contributed by atoms with van der Waals surface area (Å²) in [4.78, 5) is 17.3. The van der Waals surface area contributed by atoms with Gasteiger partial charge in [0.1, 0.15) is 0 Å². The normalized spacial score (nSPS) is 21.0. The molecule has 0 unspecified atom stereocenters. The molecule has 23 heavy (non-hydrogen) atoms. The molecule has 1 N–H and O–H groups in total. The number of benzene rings is 1. The second-order valence-electron chi connectivity index (χ2n) is 5.62. The number of thiazole rings is 1. The molecule has 0 bridgehead atoms. The molecule has 3 heterocycles. The molecule has 0 spiro atoms. The van der Waals surface area contributed by atoms with Gasteiger partial charge < -0.3 is 10.1 Å². The van der Waals surface area contributed by atoms with Gasteiger partial charge in [0, 0.05) is 36.8 Å². The van der Waals surface area contributed by atoms with Crippen LogP contribution in [0.25, 0.3) is 4.96 Å². The predicted molar refractivity (Wildman–Crippen MR) is 89.7 cm³/mol. The standard InChI is InChI=1S/C17H17N3O2S/c21-15-10-13(19-17-20(15)7-9-23-17)11-18-14-6-8-22-16(14)12-4-2-1-3-5-12/h1-5,7,9-10,14,16,18H,6,8,11H2/t14-,16-/m1/s1. The van der Waals surface area contributed by atoms with Crippen molar-refractivity contribution in [1.82, 2.24) is 14.7 Å². The lowest BCUT2D eigenvalue weighted by Gasteiger charge is -2.20. The second-order valence-corrected chi connectivity index (χ2v) is 6.49. The Morgan fingerprint density at radius 2 is 2.22 bits per heavy atom. The molecule has 0 amide bonds. The van der Waals surface area contributed by atoms with Crippen molar-refractivity contribution in [2.45, 2.75) is 25.1 Å². The third-order valence-corrected chi connectivity index (χ3v) is 4.88. The lowest BCUT2D eigenvalue weighted by atomic mass is 10.0. The molecule has 6 heteroatoms. The van der Waals surface area contributed by atoms with Crippen LogP contribution in [0.15, 0.2) is 52.8 Å². The molecular formula is C17H17N3O2S. The molecule has 118 valence electrons. The number of aromatic nitrogens is 2. The summed E-state index contributed by atoms with van der Waals surface area (Å²) in [6.45, 7) is 1.32. The lowest BCUT2D eigenvalue weighted by molar-refractivity contribution is 0.0984. The number of fused-ring (bicyclic) bond motifs is 1. The number of rotatable bonds is 4. The van der Waals surface area contributed by atoms with Crippen molar-refractivity contribution in [2.24, 2.45) is 0 Å². The molecule has 2 aromatic heterocycles. The van der Waals surface area contributed by atoms with Crippen molar-refractivity contribution in [3.8, 4) is 0 Å². The highest BCUT2D eigenvalue weighted by Gasteiger charge is 2.29. The average molecular weight is 327 g/mol. The third kappa shape index (κ3) is 2.93. The van der Waals surface area contributed by atoms with E-state index in [1.54, 1.807) is 16.7 Å². The zero-order valence-electron chi connectivity index (χ0n) is 12.5. The first kappa shape index (κ1) is 14.6. The molecule has 1 saturated heterocycles. The van der Waals surface area contributed by atoms with Gasteiger partial charge in [0.05, 0.1) is 11.8 Å². The summed E-state index contributed by atoms with van der Waals surface area (Å²) in [5.41, 5.74) is 1.93. The number of ether oxygens (including phenoxy) is 1. The highest BCUT2D eigenvalue weighted by molar-refractivity contribution is 7.15. The fourth-order valence-corrected chi connectivity index (χ4v) is 3.72. The van der Waals surface area contributed by atoms with E-state index in [9.17, 15) is 4.79 Å². The van der Waals surface area contributed by atoms with Gasteiger partial charge in [-0.2, -0.15) is 0 Å². The molecule has 0 radical (unpaired) electrons. The molecule has 1 aliphatic heterocycles. The molecule has 2 atom stereocenters. The van der Waals surface area contributed by atoms with Crippen LogP contribution in [0.5, 0.6) is 0 Å². The second kappa shape index (κ2) is 6.23. The molecule has 5 nitrogen and oxygen atoms in total. The smallest absolute Gasteiger partial charge is 0.258 e. The third-order valence-electron chi connectivity index (χ3n) is 4.12. The number of hydrogen-bond acceptors (Lipinski definition) is 5. The Hall–Kier alpha value is -2.02. The molecule has 3 aromatic rings. The Balaban J connectivity index is 1.50. The van der Waals surface area contributed by atoms with Crippen molar-refractivity contribution in [3.05, 3.63) is 69.6 Å². The minimum Gasteiger partial charge on any atom is -0.372 e. The highest BCUT2D eigenvalue weighted by atomic mass is 32.1. The minimum atomic E-state index is -0.0321. The Labute approximate surface area is 137 Å². The van der Waals surface area contributed by atoms with Gasteiger partial charge in [0.15, 0.2) is 4.96 Å². The van der Waals surface area contributed by atoms with Crippen LogP contribution in [0.4, 0.5) is 0 Å². The molecule has 1 aliphatic rings. The maximum atomic E-state index is 12.0. The van der Waals surface area contributed by atoms with Gasteiger partial charge in [-0.05, 0) is 12.0 Å². The molecule has 4 rings (SSSR count). The highest BCUT2D eigenvalue weighted by Crippen LogP contribution is 2.29. The lowest BCUT2D eigenvalue weighted by Crippen LogP contribution is -2.32. The van der Waals surface area contributed by atoms with E-state index in [0.717, 1.165) is 23.7 Å². The van der Waals surface area contributed by atoms with Crippen LogP contribution in [0, 0.1) is 0 Å². The minimum absolute atomic E-state index is 0.0321. The van der Waals surface area contributed by atoms with E-state index in [2.05, 4.69) is 22.4 Å². The summed E-state index contributed by atoms with van der Waals surface area (Å²) in [5.74, 6) is 0. The molecule has 0 saturated carbocycles. The maximum absolute atomic E-state index is 12.0. The van der Waals surface area contributed by atoms with E-state index < -0.39 is 0 Å². The topological polar surface area (TPSA) is 55.6 Å². The van der Waals surface area contributed by atoms with Crippen molar-refractivity contribution >= 4 is 16.3 Å². The van der Waals surface area contributed by atoms with Crippen LogP contribution in [0.1, 0.15) is 23.8 Å². The molecular weight excluding hydrogens is 310 g/mol. The van der Waals surface area contributed by atoms with Crippen molar-refractivity contribution < 1.29 is 4.74 Å². The Bertz CT molecular complexity index is 859. The van der Waals surface area contributed by atoms with E-state index in [-0.39, 0.29) is 17.7 Å². The SMILES string of the molecule is O=c1cc(CN[C@@H]2CCO[C@@H]2c2ccccc2)nc2sccn12. The Morgan fingerprint density at radius 3 is 3.09 bits per heavy atom. The van der Waals surface area contributed by atoms with Crippen LogP contribution in [0.2, 0.25) is 0 Å². The summed E-state index contributed by atoms with van der Waals surface area (Å²) in [6, 6.07) is 12.1. The van der Waals surface area contributed by atoms with Gasteiger partial charge in [0.2, 0.25) is 0 Å². The number of hydrogen-bond donors (Lipinski definition) is 1. The van der Waals surface area contributed by atoms with Gasteiger partial charge >= 0.3 is 0 Å². The first-order valence-electron chi connectivity index (χ1n) is 7.67. The molecule has 0 aliphatic carbocycles. The number of nitrogens with one attached hydrogen (secondary N) is 1. The summed E-state index contributed by atoms with van der Waals surface area (Å²) in [6.07, 6.45) is 2.77. The fraction of sp³-hybridized carbons (Fsp3) is 0.294. The number of nitrogens with zero attached hydrogens (tertiary/aromatic N) is 2. The molecule has 1 aromatic carbocycles. The van der Waals surface area contributed by atoms with Crippen LogP contribution in [-0.4, -0.2) is 22.0 Å². The van der Waals surface area contributed by atoms with Crippen LogP contribution >= 0.6 is 11.3 Å².